The standard InChI is InChI=1S/C22H24N4O2/c1-28-20-9-7-19(8-10-20)22(27)25-12-11-18(15-25)13-21-24-23-16-26(21)14-17-5-3-2-4-6-17/h2-10,16,18H,11-15H2,1H3. The van der Waals surface area contributed by atoms with Gasteiger partial charge in [0.2, 0.25) is 0 Å². The highest BCUT2D eigenvalue weighted by molar-refractivity contribution is 5.94. The molecule has 1 atom stereocenters. The highest BCUT2D eigenvalue weighted by Crippen LogP contribution is 2.23. The van der Waals surface area contributed by atoms with Crippen molar-refractivity contribution in [1.29, 1.82) is 0 Å². The first-order chi connectivity index (χ1) is 13.7. The number of benzene rings is 2. The number of carbonyl (C=O) groups excluding carboxylic acids is 1. The molecule has 0 saturated carbocycles. The molecule has 6 heteroatoms. The Kier molecular flexibility index (Phi) is 5.37. The molecule has 0 aliphatic carbocycles. The summed E-state index contributed by atoms with van der Waals surface area (Å²) in [5.74, 6) is 2.22. The van der Waals surface area contributed by atoms with E-state index in [-0.39, 0.29) is 5.91 Å². The van der Waals surface area contributed by atoms with Crippen LogP contribution >= 0.6 is 0 Å². The monoisotopic (exact) mass is 376 g/mol. The molecule has 28 heavy (non-hydrogen) atoms. The highest BCUT2D eigenvalue weighted by Gasteiger charge is 2.28. The molecule has 1 unspecified atom stereocenters. The van der Waals surface area contributed by atoms with Gasteiger partial charge in [0.15, 0.2) is 0 Å². The number of ether oxygens (including phenoxy) is 1. The van der Waals surface area contributed by atoms with E-state index in [0.717, 1.165) is 44.0 Å². The summed E-state index contributed by atoms with van der Waals surface area (Å²) in [5, 5.41) is 8.42. The fraction of sp³-hybridized carbons (Fsp3) is 0.318. The molecule has 0 bridgehead atoms. The van der Waals surface area contributed by atoms with Crippen LogP contribution in [0.2, 0.25) is 0 Å². The first-order valence-corrected chi connectivity index (χ1v) is 9.57. The van der Waals surface area contributed by atoms with Crippen molar-refractivity contribution in [2.45, 2.75) is 19.4 Å². The maximum Gasteiger partial charge on any atom is 0.253 e. The largest absolute Gasteiger partial charge is 0.497 e. The van der Waals surface area contributed by atoms with E-state index in [0.29, 0.717) is 11.5 Å². The van der Waals surface area contributed by atoms with Crippen LogP contribution in [-0.4, -0.2) is 45.8 Å². The number of amides is 1. The van der Waals surface area contributed by atoms with Crippen LogP contribution in [0.1, 0.15) is 28.2 Å². The lowest BCUT2D eigenvalue weighted by Gasteiger charge is -2.17. The van der Waals surface area contributed by atoms with E-state index < -0.39 is 0 Å². The summed E-state index contributed by atoms with van der Waals surface area (Å²) in [6.07, 6.45) is 3.61. The third kappa shape index (κ3) is 4.06. The third-order valence-electron chi connectivity index (χ3n) is 5.27. The van der Waals surface area contributed by atoms with Crippen LogP contribution < -0.4 is 4.74 Å². The van der Waals surface area contributed by atoms with Crippen LogP contribution in [0.3, 0.4) is 0 Å². The lowest BCUT2D eigenvalue weighted by atomic mass is 10.0. The molecule has 0 spiro atoms. The van der Waals surface area contributed by atoms with Gasteiger partial charge in [-0.2, -0.15) is 0 Å². The minimum Gasteiger partial charge on any atom is -0.497 e. The molecule has 2 aromatic carbocycles. The Balaban J connectivity index is 1.37. The van der Waals surface area contributed by atoms with E-state index in [2.05, 4.69) is 26.9 Å². The van der Waals surface area contributed by atoms with Gasteiger partial charge in [0, 0.05) is 25.1 Å². The van der Waals surface area contributed by atoms with Crippen molar-refractivity contribution in [2.24, 2.45) is 5.92 Å². The van der Waals surface area contributed by atoms with Gasteiger partial charge in [-0.05, 0) is 42.2 Å². The van der Waals surface area contributed by atoms with Crippen molar-refractivity contribution in [3.8, 4) is 5.75 Å². The number of carbonyl (C=O) groups is 1. The number of rotatable bonds is 6. The predicted octanol–water partition coefficient (Wildman–Crippen LogP) is 3.04. The van der Waals surface area contributed by atoms with Gasteiger partial charge in [-0.25, -0.2) is 0 Å². The Hall–Kier alpha value is -3.15. The van der Waals surface area contributed by atoms with E-state index in [4.69, 9.17) is 4.74 Å². The molecule has 0 N–H and O–H groups in total. The average molecular weight is 376 g/mol. The Bertz CT molecular complexity index is 921. The summed E-state index contributed by atoms with van der Waals surface area (Å²) in [4.78, 5) is 14.7. The summed E-state index contributed by atoms with van der Waals surface area (Å²) in [5.41, 5.74) is 1.93. The fourth-order valence-electron chi connectivity index (χ4n) is 3.71. The smallest absolute Gasteiger partial charge is 0.253 e. The second kappa shape index (κ2) is 8.25. The van der Waals surface area contributed by atoms with E-state index in [1.54, 1.807) is 13.4 Å². The van der Waals surface area contributed by atoms with Crippen LogP contribution in [-0.2, 0) is 13.0 Å². The van der Waals surface area contributed by atoms with Gasteiger partial charge < -0.3 is 14.2 Å². The maximum atomic E-state index is 12.8. The molecule has 1 amide bonds. The zero-order valence-electron chi connectivity index (χ0n) is 16.0. The van der Waals surface area contributed by atoms with Gasteiger partial charge in [0.1, 0.15) is 17.9 Å². The van der Waals surface area contributed by atoms with Gasteiger partial charge in [0.05, 0.1) is 13.7 Å². The number of nitrogens with zero attached hydrogens (tertiary/aromatic N) is 4. The fourth-order valence-corrected chi connectivity index (χ4v) is 3.71. The third-order valence-corrected chi connectivity index (χ3v) is 5.27. The van der Waals surface area contributed by atoms with E-state index in [9.17, 15) is 4.79 Å². The van der Waals surface area contributed by atoms with Crippen LogP contribution in [0.15, 0.2) is 60.9 Å². The van der Waals surface area contributed by atoms with Crippen molar-refractivity contribution < 1.29 is 9.53 Å². The van der Waals surface area contributed by atoms with Gasteiger partial charge in [-0.3, -0.25) is 4.79 Å². The SMILES string of the molecule is COc1ccc(C(=O)N2CCC(Cc3nncn3Cc3ccccc3)C2)cc1. The van der Waals surface area contributed by atoms with Gasteiger partial charge in [0.25, 0.3) is 5.91 Å². The molecule has 1 fully saturated rings. The van der Waals surface area contributed by atoms with Crippen molar-refractivity contribution in [1.82, 2.24) is 19.7 Å². The minimum absolute atomic E-state index is 0.0795. The number of hydrogen-bond acceptors (Lipinski definition) is 4. The molecule has 1 aliphatic heterocycles. The van der Waals surface area contributed by atoms with E-state index >= 15 is 0 Å². The zero-order chi connectivity index (χ0) is 19.3. The quantitative estimate of drug-likeness (QED) is 0.663. The minimum atomic E-state index is 0.0795. The van der Waals surface area contributed by atoms with Crippen molar-refractivity contribution in [3.63, 3.8) is 0 Å². The van der Waals surface area contributed by atoms with Crippen LogP contribution in [0.25, 0.3) is 0 Å². The number of hydrogen-bond donors (Lipinski definition) is 0. The second-order valence-electron chi connectivity index (χ2n) is 7.20. The zero-order valence-corrected chi connectivity index (χ0v) is 16.0. The first kappa shape index (κ1) is 18.2. The molecule has 6 nitrogen and oxygen atoms in total. The maximum absolute atomic E-state index is 12.8. The molecular weight excluding hydrogens is 352 g/mol. The first-order valence-electron chi connectivity index (χ1n) is 9.57. The molecule has 0 radical (unpaired) electrons. The van der Waals surface area contributed by atoms with Crippen LogP contribution in [0.4, 0.5) is 0 Å². The molecule has 1 saturated heterocycles. The molecule has 1 aliphatic rings. The summed E-state index contributed by atoms with van der Waals surface area (Å²) >= 11 is 0. The molecule has 1 aromatic heterocycles. The molecule has 3 aromatic rings. The van der Waals surface area contributed by atoms with Crippen LogP contribution in [0.5, 0.6) is 5.75 Å². The molecule has 4 rings (SSSR count). The van der Waals surface area contributed by atoms with Gasteiger partial charge in [-0.15, -0.1) is 10.2 Å². The number of methoxy groups -OCH3 is 1. The Morgan fingerprint density at radius 2 is 1.93 bits per heavy atom. The molecule has 2 heterocycles. The number of likely N-dealkylation sites (tertiary alicyclic amines) is 1. The second-order valence-corrected chi connectivity index (χ2v) is 7.20. The Morgan fingerprint density at radius 3 is 2.68 bits per heavy atom. The topological polar surface area (TPSA) is 60.2 Å². The number of aromatic nitrogens is 3. The van der Waals surface area contributed by atoms with Crippen LogP contribution in [0, 0.1) is 5.92 Å². The van der Waals surface area contributed by atoms with Gasteiger partial charge >= 0.3 is 0 Å². The van der Waals surface area contributed by atoms with E-state index in [1.165, 1.54) is 5.56 Å². The lowest BCUT2D eigenvalue weighted by molar-refractivity contribution is 0.0787. The van der Waals surface area contributed by atoms with E-state index in [1.807, 2.05) is 47.4 Å². The van der Waals surface area contributed by atoms with Crippen molar-refractivity contribution in [2.75, 3.05) is 20.2 Å². The highest BCUT2D eigenvalue weighted by atomic mass is 16.5. The summed E-state index contributed by atoms with van der Waals surface area (Å²) < 4.78 is 7.26. The normalized spacial score (nSPS) is 16.3. The van der Waals surface area contributed by atoms with Crippen molar-refractivity contribution >= 4 is 5.91 Å². The van der Waals surface area contributed by atoms with Gasteiger partial charge in [-0.1, -0.05) is 30.3 Å². The molecule has 144 valence electrons. The summed E-state index contributed by atoms with van der Waals surface area (Å²) in [6.45, 7) is 2.30. The Labute approximate surface area is 164 Å². The lowest BCUT2D eigenvalue weighted by Crippen LogP contribution is -2.29. The van der Waals surface area contributed by atoms with Crippen molar-refractivity contribution in [3.05, 3.63) is 77.9 Å². The molecular formula is C22H24N4O2. The Morgan fingerprint density at radius 1 is 1.14 bits per heavy atom. The predicted molar refractivity (Wildman–Crippen MR) is 106 cm³/mol. The average Bonchev–Trinajstić information content (AvgIpc) is 3.38. The summed E-state index contributed by atoms with van der Waals surface area (Å²) in [7, 11) is 1.62. The summed E-state index contributed by atoms with van der Waals surface area (Å²) in [6, 6.07) is 17.6.